The largest absolute Gasteiger partial charge is 0.378 e. The first-order chi connectivity index (χ1) is 12.7. The summed E-state index contributed by atoms with van der Waals surface area (Å²) in [6, 6.07) is 18.3. The number of hydrogen-bond donors (Lipinski definition) is 2. The zero-order valence-electron chi connectivity index (χ0n) is 14.6. The van der Waals surface area contributed by atoms with Crippen molar-refractivity contribution in [2.45, 2.75) is 12.5 Å². The molecular formula is C20H23N3O3. The third kappa shape index (κ3) is 4.91. The third-order valence-corrected chi connectivity index (χ3v) is 4.27. The Hall–Kier alpha value is -2.70. The number of benzene rings is 2. The van der Waals surface area contributed by atoms with E-state index in [1.54, 1.807) is 4.90 Å². The van der Waals surface area contributed by atoms with E-state index in [-0.39, 0.29) is 18.2 Å². The fourth-order valence-electron chi connectivity index (χ4n) is 2.88. The zero-order valence-corrected chi connectivity index (χ0v) is 14.6. The number of nitrogens with zero attached hydrogens (tertiary/aromatic N) is 1. The monoisotopic (exact) mass is 353 g/mol. The second kappa shape index (κ2) is 9.12. The van der Waals surface area contributed by atoms with Crippen LogP contribution in [-0.4, -0.2) is 43.0 Å². The van der Waals surface area contributed by atoms with E-state index >= 15 is 0 Å². The van der Waals surface area contributed by atoms with Crippen molar-refractivity contribution in [2.24, 2.45) is 0 Å². The van der Waals surface area contributed by atoms with Crippen LogP contribution in [0.1, 0.15) is 17.2 Å². The Morgan fingerprint density at radius 3 is 2.23 bits per heavy atom. The molecule has 0 aromatic heterocycles. The van der Waals surface area contributed by atoms with Crippen LogP contribution >= 0.6 is 0 Å². The number of carbonyl (C=O) groups is 2. The molecule has 136 valence electrons. The summed E-state index contributed by atoms with van der Waals surface area (Å²) in [6.07, 6.45) is 0.251. The highest BCUT2D eigenvalue weighted by atomic mass is 16.5. The molecule has 26 heavy (non-hydrogen) atoms. The van der Waals surface area contributed by atoms with E-state index < -0.39 is 6.04 Å². The van der Waals surface area contributed by atoms with Crippen LogP contribution in [0, 0.1) is 0 Å². The number of rotatable bonds is 6. The maximum Gasteiger partial charge on any atom is 0.246 e. The number of ether oxygens (including phenoxy) is 1. The van der Waals surface area contributed by atoms with Crippen LogP contribution in [0.25, 0.3) is 0 Å². The quantitative estimate of drug-likeness (QED) is 0.771. The number of carbonyl (C=O) groups excluding carboxylic acids is 2. The van der Waals surface area contributed by atoms with Gasteiger partial charge in [0, 0.05) is 13.1 Å². The summed E-state index contributed by atoms with van der Waals surface area (Å²) in [7, 11) is 0. The first-order valence-electron chi connectivity index (χ1n) is 8.74. The van der Waals surface area contributed by atoms with E-state index in [1.807, 2.05) is 60.7 Å². The lowest BCUT2D eigenvalue weighted by Crippen LogP contribution is -2.50. The second-order valence-electron chi connectivity index (χ2n) is 6.14. The van der Waals surface area contributed by atoms with Crippen molar-refractivity contribution >= 4 is 11.8 Å². The summed E-state index contributed by atoms with van der Waals surface area (Å²) in [6.45, 7) is 2.19. The molecule has 1 unspecified atom stereocenters. The Morgan fingerprint density at radius 1 is 0.962 bits per heavy atom. The van der Waals surface area contributed by atoms with Crippen molar-refractivity contribution < 1.29 is 14.3 Å². The van der Waals surface area contributed by atoms with Gasteiger partial charge >= 0.3 is 0 Å². The van der Waals surface area contributed by atoms with Crippen LogP contribution in [0.2, 0.25) is 0 Å². The topological polar surface area (TPSA) is 70.7 Å². The average molecular weight is 353 g/mol. The molecule has 1 aliphatic heterocycles. The molecular weight excluding hydrogens is 330 g/mol. The average Bonchev–Trinajstić information content (AvgIpc) is 2.70. The van der Waals surface area contributed by atoms with E-state index in [9.17, 15) is 9.59 Å². The highest BCUT2D eigenvalue weighted by Crippen LogP contribution is 2.16. The maximum absolute atomic E-state index is 12.9. The highest BCUT2D eigenvalue weighted by Gasteiger charge is 2.27. The first kappa shape index (κ1) is 18.1. The maximum atomic E-state index is 12.9. The minimum atomic E-state index is -0.631. The molecule has 1 atom stereocenters. The van der Waals surface area contributed by atoms with Gasteiger partial charge in [-0.15, -0.1) is 0 Å². The molecule has 2 aromatic rings. The molecule has 6 heteroatoms. The summed E-state index contributed by atoms with van der Waals surface area (Å²) in [5.74, 6) is -0.258. The Bertz CT molecular complexity index is 716. The number of hydrazine groups is 1. The van der Waals surface area contributed by atoms with Gasteiger partial charge in [-0.3, -0.25) is 15.0 Å². The minimum Gasteiger partial charge on any atom is -0.378 e. The molecule has 2 amide bonds. The van der Waals surface area contributed by atoms with E-state index in [0.29, 0.717) is 26.3 Å². The fourth-order valence-corrected chi connectivity index (χ4v) is 2.88. The Kier molecular flexibility index (Phi) is 6.35. The van der Waals surface area contributed by atoms with Crippen LogP contribution in [0.4, 0.5) is 0 Å². The van der Waals surface area contributed by atoms with Crippen LogP contribution in [0.3, 0.4) is 0 Å². The summed E-state index contributed by atoms with van der Waals surface area (Å²) < 4.78 is 5.32. The lowest BCUT2D eigenvalue weighted by molar-refractivity contribution is -0.138. The van der Waals surface area contributed by atoms with Gasteiger partial charge in [-0.25, -0.2) is 5.43 Å². The lowest BCUT2D eigenvalue weighted by Gasteiger charge is -2.31. The van der Waals surface area contributed by atoms with E-state index in [1.165, 1.54) is 0 Å². The van der Waals surface area contributed by atoms with Gasteiger partial charge in [-0.2, -0.15) is 0 Å². The molecule has 0 radical (unpaired) electrons. The highest BCUT2D eigenvalue weighted by molar-refractivity contribution is 5.84. The number of hydrogen-bond acceptors (Lipinski definition) is 4. The number of morpholine rings is 1. The van der Waals surface area contributed by atoms with Crippen LogP contribution in [0.15, 0.2) is 60.7 Å². The van der Waals surface area contributed by atoms with Gasteiger partial charge < -0.3 is 9.64 Å². The summed E-state index contributed by atoms with van der Waals surface area (Å²) in [5.41, 5.74) is 7.33. The summed E-state index contributed by atoms with van der Waals surface area (Å²) in [5, 5.41) is 0. The summed E-state index contributed by atoms with van der Waals surface area (Å²) >= 11 is 0. The molecule has 0 bridgehead atoms. The van der Waals surface area contributed by atoms with Gasteiger partial charge in [-0.1, -0.05) is 60.7 Å². The van der Waals surface area contributed by atoms with Gasteiger partial charge in [0.1, 0.15) is 6.04 Å². The van der Waals surface area contributed by atoms with Gasteiger partial charge in [0.05, 0.1) is 19.6 Å². The molecule has 2 N–H and O–H groups in total. The second-order valence-corrected chi connectivity index (χ2v) is 6.14. The predicted octanol–water partition coefficient (Wildman–Crippen LogP) is 1.45. The molecule has 1 heterocycles. The van der Waals surface area contributed by atoms with Gasteiger partial charge in [-0.05, 0) is 11.1 Å². The molecule has 1 fully saturated rings. The normalized spacial score (nSPS) is 15.3. The van der Waals surface area contributed by atoms with Crippen molar-refractivity contribution in [1.29, 1.82) is 0 Å². The third-order valence-electron chi connectivity index (χ3n) is 4.27. The fraction of sp³-hybridized carbons (Fsp3) is 0.300. The van der Waals surface area contributed by atoms with Gasteiger partial charge in [0.15, 0.2) is 0 Å². The molecule has 0 saturated carbocycles. The molecule has 3 rings (SSSR count). The van der Waals surface area contributed by atoms with Crippen molar-refractivity contribution in [3.8, 4) is 0 Å². The Balaban J connectivity index is 1.65. The van der Waals surface area contributed by atoms with Crippen molar-refractivity contribution in [3.05, 3.63) is 71.8 Å². The number of amides is 2. The Morgan fingerprint density at radius 2 is 1.58 bits per heavy atom. The Labute approximate surface area is 153 Å². The van der Waals surface area contributed by atoms with E-state index in [0.717, 1.165) is 11.1 Å². The van der Waals surface area contributed by atoms with E-state index in [4.69, 9.17) is 4.74 Å². The van der Waals surface area contributed by atoms with Crippen LogP contribution in [0.5, 0.6) is 0 Å². The molecule has 1 aliphatic rings. The molecule has 0 spiro atoms. The van der Waals surface area contributed by atoms with Crippen molar-refractivity contribution in [2.75, 3.05) is 26.3 Å². The summed E-state index contributed by atoms with van der Waals surface area (Å²) in [4.78, 5) is 26.9. The first-order valence-corrected chi connectivity index (χ1v) is 8.74. The zero-order chi connectivity index (χ0) is 18.2. The lowest BCUT2D eigenvalue weighted by atomic mass is 10.1. The smallest absolute Gasteiger partial charge is 0.246 e. The van der Waals surface area contributed by atoms with Crippen molar-refractivity contribution in [3.63, 3.8) is 0 Å². The van der Waals surface area contributed by atoms with E-state index in [2.05, 4.69) is 10.9 Å². The molecule has 0 aliphatic carbocycles. The predicted molar refractivity (Wildman–Crippen MR) is 98.0 cm³/mol. The standard InChI is InChI=1S/C20H23N3O3/c24-18(15-16-7-3-1-4-8-16)21-22-19(17-9-5-2-6-10-17)20(25)23-11-13-26-14-12-23/h1-10,19,22H,11-15H2,(H,21,24). The van der Waals surface area contributed by atoms with Crippen molar-refractivity contribution in [1.82, 2.24) is 15.8 Å². The SMILES string of the molecule is O=C(Cc1ccccc1)NNC(C(=O)N1CCOCC1)c1ccccc1. The number of nitrogens with one attached hydrogen (secondary N) is 2. The molecule has 1 saturated heterocycles. The molecule has 6 nitrogen and oxygen atoms in total. The minimum absolute atomic E-state index is 0.0699. The van der Waals surface area contributed by atoms with Crippen LogP contribution in [-0.2, 0) is 20.7 Å². The van der Waals surface area contributed by atoms with Gasteiger partial charge in [0.25, 0.3) is 0 Å². The van der Waals surface area contributed by atoms with Crippen LogP contribution < -0.4 is 10.9 Å². The van der Waals surface area contributed by atoms with Gasteiger partial charge in [0.2, 0.25) is 11.8 Å². The molecule has 2 aromatic carbocycles.